The molecular formula is C23H22N4O3S2. The van der Waals surface area contributed by atoms with Gasteiger partial charge in [-0.3, -0.25) is 14.5 Å². The van der Waals surface area contributed by atoms with Gasteiger partial charge in [-0.25, -0.2) is 4.98 Å². The van der Waals surface area contributed by atoms with Gasteiger partial charge in [-0.15, -0.1) is 22.7 Å². The highest BCUT2D eigenvalue weighted by Gasteiger charge is 2.25. The van der Waals surface area contributed by atoms with Crippen molar-refractivity contribution in [2.75, 3.05) is 37.6 Å². The van der Waals surface area contributed by atoms with Gasteiger partial charge in [0.2, 0.25) is 5.91 Å². The zero-order valence-corrected chi connectivity index (χ0v) is 19.0. The van der Waals surface area contributed by atoms with E-state index in [0.717, 1.165) is 24.1 Å². The average molecular weight is 467 g/mol. The Morgan fingerprint density at radius 3 is 2.75 bits per heavy atom. The molecule has 9 heteroatoms. The van der Waals surface area contributed by atoms with Crippen molar-refractivity contribution in [2.45, 2.75) is 6.42 Å². The van der Waals surface area contributed by atoms with Crippen LogP contribution in [-0.2, 0) is 4.79 Å². The van der Waals surface area contributed by atoms with Crippen molar-refractivity contribution < 1.29 is 14.0 Å². The number of carbonyl (C=O) groups excluding carboxylic acids is 2. The summed E-state index contributed by atoms with van der Waals surface area (Å²) in [6.45, 7) is 3.29. The van der Waals surface area contributed by atoms with Crippen molar-refractivity contribution in [1.82, 2.24) is 15.2 Å². The topological polar surface area (TPSA) is 78.7 Å². The minimum absolute atomic E-state index is 0.0598. The molecule has 32 heavy (non-hydrogen) atoms. The van der Waals surface area contributed by atoms with Crippen LogP contribution < -0.4 is 10.2 Å². The van der Waals surface area contributed by atoms with E-state index in [1.54, 1.807) is 11.0 Å². The molecule has 164 valence electrons. The zero-order valence-electron chi connectivity index (χ0n) is 17.3. The lowest BCUT2D eigenvalue weighted by Gasteiger charge is -2.28. The zero-order chi connectivity index (χ0) is 21.9. The second-order valence-corrected chi connectivity index (χ2v) is 9.26. The van der Waals surface area contributed by atoms with Crippen molar-refractivity contribution in [2.24, 2.45) is 0 Å². The summed E-state index contributed by atoms with van der Waals surface area (Å²) in [5, 5.41) is 8.58. The Labute approximate surface area is 193 Å². The lowest BCUT2D eigenvalue weighted by molar-refractivity contribution is -0.131. The predicted molar refractivity (Wildman–Crippen MR) is 127 cm³/mol. The van der Waals surface area contributed by atoms with E-state index in [0.29, 0.717) is 34.6 Å². The Balaban J connectivity index is 1.38. The Morgan fingerprint density at radius 1 is 1.12 bits per heavy atom. The van der Waals surface area contributed by atoms with Crippen LogP contribution in [-0.4, -0.2) is 54.4 Å². The number of para-hydroxylation sites is 1. The summed E-state index contributed by atoms with van der Waals surface area (Å²) in [6.07, 6.45) is 0.261. The summed E-state index contributed by atoms with van der Waals surface area (Å²) < 4.78 is 5.93. The highest BCUT2D eigenvalue weighted by atomic mass is 32.1. The van der Waals surface area contributed by atoms with E-state index in [2.05, 4.69) is 5.32 Å². The first-order valence-electron chi connectivity index (χ1n) is 10.5. The van der Waals surface area contributed by atoms with Crippen molar-refractivity contribution in [3.05, 3.63) is 58.1 Å². The number of hydrogen-bond acceptors (Lipinski definition) is 7. The van der Waals surface area contributed by atoms with Gasteiger partial charge in [0.15, 0.2) is 10.9 Å². The fourth-order valence-corrected chi connectivity index (χ4v) is 5.22. The van der Waals surface area contributed by atoms with Crippen molar-refractivity contribution >= 4 is 50.6 Å². The number of thiazole rings is 1. The number of rotatable bonds is 6. The molecule has 0 aliphatic carbocycles. The van der Waals surface area contributed by atoms with Crippen molar-refractivity contribution in [3.63, 3.8) is 0 Å². The third-order valence-corrected chi connectivity index (χ3v) is 7.12. The number of carbonyl (C=O) groups is 2. The molecule has 0 radical (unpaired) electrons. The van der Waals surface area contributed by atoms with Crippen LogP contribution in [0.3, 0.4) is 0 Å². The third-order valence-electron chi connectivity index (χ3n) is 5.40. The maximum atomic E-state index is 13.2. The fourth-order valence-electron chi connectivity index (χ4n) is 3.71. The summed E-state index contributed by atoms with van der Waals surface area (Å²) in [4.78, 5) is 34.7. The molecule has 4 heterocycles. The monoisotopic (exact) mass is 466 g/mol. The molecule has 1 fully saturated rings. The van der Waals surface area contributed by atoms with E-state index >= 15 is 0 Å². The number of furan rings is 1. The highest BCUT2D eigenvalue weighted by molar-refractivity contribution is 7.14. The minimum atomic E-state index is -0.140. The molecule has 0 saturated carbocycles. The second-order valence-electron chi connectivity index (χ2n) is 7.48. The van der Waals surface area contributed by atoms with Crippen LogP contribution >= 0.6 is 22.7 Å². The van der Waals surface area contributed by atoms with Crippen LogP contribution in [0.2, 0.25) is 0 Å². The van der Waals surface area contributed by atoms with Crippen molar-refractivity contribution in [3.8, 4) is 11.5 Å². The molecule has 1 aliphatic heterocycles. The van der Waals surface area contributed by atoms with Gasteiger partial charge in [-0.1, -0.05) is 24.3 Å². The largest absolute Gasteiger partial charge is 0.454 e. The molecule has 1 saturated heterocycles. The number of aromatic nitrogens is 1. The molecule has 4 aromatic rings. The maximum absolute atomic E-state index is 13.2. The molecule has 1 aliphatic rings. The van der Waals surface area contributed by atoms with Gasteiger partial charge in [-0.05, 0) is 23.6 Å². The Hall–Kier alpha value is -3.01. The SMILES string of the molecule is O=C(CCN(C(=O)c1cccs1)c1nc(-c2cc3ccccc3o2)cs1)N1CCNCC1. The number of nitrogens with one attached hydrogen (secondary N) is 1. The Bertz CT molecular complexity index is 1190. The van der Waals surface area contributed by atoms with Gasteiger partial charge < -0.3 is 14.6 Å². The van der Waals surface area contributed by atoms with Gasteiger partial charge in [0.05, 0.1) is 4.88 Å². The summed E-state index contributed by atoms with van der Waals surface area (Å²) in [6, 6.07) is 13.4. The number of benzene rings is 1. The van der Waals surface area contributed by atoms with Gasteiger partial charge in [0, 0.05) is 49.9 Å². The molecule has 0 spiro atoms. The molecule has 0 unspecified atom stereocenters. The van der Waals surface area contributed by atoms with Gasteiger partial charge in [-0.2, -0.15) is 0 Å². The normalized spacial score (nSPS) is 14.1. The average Bonchev–Trinajstić information content (AvgIpc) is 3.60. The molecule has 3 aromatic heterocycles. The van der Waals surface area contributed by atoms with E-state index in [-0.39, 0.29) is 24.8 Å². The number of fused-ring (bicyclic) bond motifs is 1. The number of anilines is 1. The standard InChI is InChI=1S/C23H22N4O3S2/c28-21(26-11-8-24-9-12-26)7-10-27(22(29)20-6-3-13-31-20)23-25-17(15-32-23)19-14-16-4-1-2-5-18(16)30-19/h1-6,13-15,24H,7-12H2. The number of piperazine rings is 1. The Morgan fingerprint density at radius 2 is 1.97 bits per heavy atom. The minimum Gasteiger partial charge on any atom is -0.454 e. The second kappa shape index (κ2) is 9.23. The molecular weight excluding hydrogens is 444 g/mol. The van der Waals surface area contributed by atoms with E-state index in [1.807, 2.05) is 52.1 Å². The summed E-state index contributed by atoms with van der Waals surface area (Å²) in [5.41, 5.74) is 1.48. The molecule has 5 rings (SSSR count). The van der Waals surface area contributed by atoms with E-state index in [1.165, 1.54) is 22.7 Å². The van der Waals surface area contributed by atoms with Crippen LogP contribution in [0.1, 0.15) is 16.1 Å². The molecule has 2 amide bonds. The predicted octanol–water partition coefficient (Wildman–Crippen LogP) is 4.09. The Kier molecular flexibility index (Phi) is 6.02. The lowest BCUT2D eigenvalue weighted by Crippen LogP contribution is -2.47. The first-order valence-corrected chi connectivity index (χ1v) is 12.2. The first kappa shape index (κ1) is 20.9. The quantitative estimate of drug-likeness (QED) is 0.463. The molecule has 7 nitrogen and oxygen atoms in total. The smallest absolute Gasteiger partial charge is 0.270 e. The van der Waals surface area contributed by atoms with Gasteiger partial charge in [0.25, 0.3) is 5.91 Å². The fraction of sp³-hybridized carbons (Fsp3) is 0.261. The van der Waals surface area contributed by atoms with Crippen LogP contribution in [0.15, 0.2) is 57.6 Å². The van der Waals surface area contributed by atoms with E-state index in [9.17, 15) is 9.59 Å². The molecule has 0 bridgehead atoms. The van der Waals surface area contributed by atoms with Crippen LogP contribution in [0.5, 0.6) is 0 Å². The van der Waals surface area contributed by atoms with Gasteiger partial charge in [0.1, 0.15) is 11.3 Å². The van der Waals surface area contributed by atoms with Crippen LogP contribution in [0.4, 0.5) is 5.13 Å². The van der Waals surface area contributed by atoms with Gasteiger partial charge >= 0.3 is 0 Å². The molecule has 1 N–H and O–H groups in total. The summed E-state index contributed by atoms with van der Waals surface area (Å²) in [7, 11) is 0. The number of nitrogens with zero attached hydrogens (tertiary/aromatic N) is 3. The summed E-state index contributed by atoms with van der Waals surface area (Å²) in [5.74, 6) is 0.581. The van der Waals surface area contributed by atoms with Crippen molar-refractivity contribution in [1.29, 1.82) is 0 Å². The number of thiophene rings is 1. The third kappa shape index (κ3) is 4.32. The van der Waals surface area contributed by atoms with Crippen LogP contribution in [0, 0.1) is 0 Å². The number of amides is 2. The van der Waals surface area contributed by atoms with E-state index in [4.69, 9.17) is 9.40 Å². The molecule has 0 atom stereocenters. The lowest BCUT2D eigenvalue weighted by atomic mass is 10.2. The molecule has 1 aromatic carbocycles. The van der Waals surface area contributed by atoms with Crippen LogP contribution in [0.25, 0.3) is 22.4 Å². The number of hydrogen-bond donors (Lipinski definition) is 1. The maximum Gasteiger partial charge on any atom is 0.270 e. The summed E-state index contributed by atoms with van der Waals surface area (Å²) >= 11 is 2.76. The van der Waals surface area contributed by atoms with E-state index < -0.39 is 0 Å². The highest BCUT2D eigenvalue weighted by Crippen LogP contribution is 2.32. The first-order chi connectivity index (χ1) is 15.7.